The van der Waals surface area contributed by atoms with E-state index in [1.54, 1.807) is 7.05 Å². The molecule has 1 aromatic rings. The summed E-state index contributed by atoms with van der Waals surface area (Å²) in [5.74, 6) is -0.612. The van der Waals surface area contributed by atoms with Gasteiger partial charge in [0.15, 0.2) is 0 Å². The van der Waals surface area contributed by atoms with Crippen molar-refractivity contribution in [3.8, 4) is 0 Å². The van der Waals surface area contributed by atoms with Crippen LogP contribution in [0, 0.1) is 6.92 Å². The second-order valence-corrected chi connectivity index (χ2v) is 5.86. The molecule has 7 nitrogen and oxygen atoms in total. The lowest BCUT2D eigenvalue weighted by molar-refractivity contribution is -0.139. The molecule has 0 aromatic carbocycles. The molecular formula is C13H18N4O3S. The summed E-state index contributed by atoms with van der Waals surface area (Å²) in [6.45, 7) is 3.85. The topological polar surface area (TPSA) is 82.6 Å². The minimum Gasteiger partial charge on any atom is -0.337 e. The summed E-state index contributed by atoms with van der Waals surface area (Å²) in [5.41, 5.74) is 0.910. The summed E-state index contributed by atoms with van der Waals surface area (Å²) in [6, 6.07) is -0.704. The van der Waals surface area contributed by atoms with E-state index in [2.05, 4.69) is 10.3 Å². The van der Waals surface area contributed by atoms with E-state index in [-0.39, 0.29) is 30.8 Å². The molecule has 1 fully saturated rings. The Labute approximate surface area is 126 Å². The molecule has 0 aliphatic carbocycles. The van der Waals surface area contributed by atoms with Crippen molar-refractivity contribution in [2.75, 3.05) is 20.1 Å². The minimum atomic E-state index is -0.509. The van der Waals surface area contributed by atoms with Crippen LogP contribution in [0.3, 0.4) is 0 Å². The van der Waals surface area contributed by atoms with Crippen molar-refractivity contribution in [3.63, 3.8) is 0 Å². The summed E-state index contributed by atoms with van der Waals surface area (Å²) in [6.07, 6.45) is 0.226. The molecule has 8 heteroatoms. The summed E-state index contributed by atoms with van der Waals surface area (Å²) in [4.78, 5) is 42.4. The molecule has 1 aliphatic heterocycles. The average molecular weight is 310 g/mol. The highest BCUT2D eigenvalue weighted by Crippen LogP contribution is 2.22. The number of hydrogen-bond acceptors (Lipinski definition) is 5. The predicted molar refractivity (Wildman–Crippen MR) is 77.8 cm³/mol. The number of nitrogens with one attached hydrogen (secondary N) is 1. The maximum Gasteiger partial charge on any atom is 0.324 e. The van der Waals surface area contributed by atoms with E-state index < -0.39 is 6.03 Å². The van der Waals surface area contributed by atoms with Crippen molar-refractivity contribution in [3.05, 3.63) is 16.1 Å². The first-order chi connectivity index (χ1) is 9.90. The van der Waals surface area contributed by atoms with Gasteiger partial charge in [0.25, 0.3) is 0 Å². The summed E-state index contributed by atoms with van der Waals surface area (Å²) >= 11 is 1.49. The fraction of sp³-hybridized carbons (Fsp3) is 0.538. The van der Waals surface area contributed by atoms with Crippen LogP contribution in [0.15, 0.2) is 5.38 Å². The van der Waals surface area contributed by atoms with E-state index in [9.17, 15) is 14.4 Å². The first kappa shape index (κ1) is 15.4. The van der Waals surface area contributed by atoms with Crippen LogP contribution >= 0.6 is 11.3 Å². The van der Waals surface area contributed by atoms with Gasteiger partial charge in [-0.25, -0.2) is 9.78 Å². The summed E-state index contributed by atoms with van der Waals surface area (Å²) in [5, 5.41) is 5.31. The standard InChI is InChI=1S/C13H18N4O3S/c1-8-7-21-12(15-8)9(2)16(3)11(19)6-17-10(18)4-5-14-13(17)20/h7,9H,4-6H2,1-3H3,(H,14,20)/t9-/m1/s1. The smallest absolute Gasteiger partial charge is 0.324 e. The number of hydrogen-bond donors (Lipinski definition) is 1. The van der Waals surface area contributed by atoms with Crippen LogP contribution in [0.5, 0.6) is 0 Å². The summed E-state index contributed by atoms with van der Waals surface area (Å²) in [7, 11) is 1.65. The van der Waals surface area contributed by atoms with Crippen LogP contribution in [0.25, 0.3) is 0 Å². The third-order valence-corrected chi connectivity index (χ3v) is 4.56. The van der Waals surface area contributed by atoms with Gasteiger partial charge in [-0.05, 0) is 13.8 Å². The Hall–Kier alpha value is -1.96. The summed E-state index contributed by atoms with van der Waals surface area (Å²) < 4.78 is 0. The fourth-order valence-corrected chi connectivity index (χ4v) is 2.87. The molecule has 114 valence electrons. The molecule has 0 spiro atoms. The lowest BCUT2D eigenvalue weighted by Crippen LogP contribution is -2.53. The van der Waals surface area contributed by atoms with Crippen molar-refractivity contribution in [1.82, 2.24) is 20.1 Å². The molecule has 1 saturated heterocycles. The van der Waals surface area contributed by atoms with Crippen LogP contribution in [-0.2, 0) is 9.59 Å². The number of nitrogens with zero attached hydrogens (tertiary/aromatic N) is 3. The molecular weight excluding hydrogens is 292 g/mol. The van der Waals surface area contributed by atoms with Gasteiger partial charge >= 0.3 is 6.03 Å². The SMILES string of the molecule is Cc1csc([C@@H](C)N(C)C(=O)CN2C(=O)CCNC2=O)n1. The number of aromatic nitrogens is 1. The molecule has 2 heterocycles. The molecule has 1 atom stereocenters. The molecule has 1 N–H and O–H groups in total. The average Bonchev–Trinajstić information content (AvgIpc) is 2.87. The zero-order chi connectivity index (χ0) is 15.6. The van der Waals surface area contributed by atoms with Gasteiger partial charge in [0.1, 0.15) is 11.6 Å². The van der Waals surface area contributed by atoms with Crippen molar-refractivity contribution in [1.29, 1.82) is 0 Å². The van der Waals surface area contributed by atoms with Gasteiger partial charge in [-0.1, -0.05) is 0 Å². The van der Waals surface area contributed by atoms with Gasteiger partial charge in [-0.2, -0.15) is 0 Å². The second-order valence-electron chi connectivity index (χ2n) is 4.97. The van der Waals surface area contributed by atoms with Crippen molar-refractivity contribution < 1.29 is 14.4 Å². The highest BCUT2D eigenvalue weighted by molar-refractivity contribution is 7.09. The third-order valence-electron chi connectivity index (χ3n) is 3.42. The fourth-order valence-electron chi connectivity index (χ4n) is 1.97. The molecule has 21 heavy (non-hydrogen) atoms. The number of rotatable bonds is 4. The Balaban J connectivity index is 2.02. The zero-order valence-corrected chi connectivity index (χ0v) is 13.1. The monoisotopic (exact) mass is 310 g/mol. The van der Waals surface area contributed by atoms with Crippen LogP contribution in [0.4, 0.5) is 4.79 Å². The van der Waals surface area contributed by atoms with E-state index in [0.717, 1.165) is 15.6 Å². The van der Waals surface area contributed by atoms with Crippen LogP contribution in [0.1, 0.15) is 30.1 Å². The van der Waals surface area contributed by atoms with Gasteiger partial charge in [-0.15, -0.1) is 11.3 Å². The first-order valence-electron chi connectivity index (χ1n) is 6.66. The number of likely N-dealkylation sites (N-methyl/N-ethyl adjacent to an activating group) is 1. The zero-order valence-electron chi connectivity index (χ0n) is 12.3. The highest BCUT2D eigenvalue weighted by atomic mass is 32.1. The maximum absolute atomic E-state index is 12.3. The number of aryl methyl sites for hydroxylation is 1. The quantitative estimate of drug-likeness (QED) is 0.896. The molecule has 4 amide bonds. The van der Waals surface area contributed by atoms with E-state index in [1.807, 2.05) is 19.2 Å². The minimum absolute atomic E-state index is 0.195. The number of carbonyl (C=O) groups is 3. The van der Waals surface area contributed by atoms with Crippen LogP contribution in [-0.4, -0.2) is 52.8 Å². The maximum atomic E-state index is 12.3. The number of thiazole rings is 1. The van der Waals surface area contributed by atoms with E-state index >= 15 is 0 Å². The van der Waals surface area contributed by atoms with Gasteiger partial charge in [0.05, 0.1) is 6.04 Å². The van der Waals surface area contributed by atoms with Crippen molar-refractivity contribution in [2.24, 2.45) is 0 Å². The van der Waals surface area contributed by atoms with Crippen LogP contribution in [0.2, 0.25) is 0 Å². The lowest BCUT2D eigenvalue weighted by atomic mass is 10.2. The third kappa shape index (κ3) is 3.38. The number of carbonyl (C=O) groups excluding carboxylic acids is 3. The lowest BCUT2D eigenvalue weighted by Gasteiger charge is -2.29. The molecule has 0 bridgehead atoms. The molecule has 0 saturated carbocycles. The first-order valence-corrected chi connectivity index (χ1v) is 7.54. The number of urea groups is 1. The highest BCUT2D eigenvalue weighted by Gasteiger charge is 2.30. The van der Waals surface area contributed by atoms with Crippen molar-refractivity contribution in [2.45, 2.75) is 26.3 Å². The Kier molecular flexibility index (Phi) is 4.56. The van der Waals surface area contributed by atoms with E-state index in [0.29, 0.717) is 6.54 Å². The molecule has 0 unspecified atom stereocenters. The molecule has 0 radical (unpaired) electrons. The number of amides is 4. The number of imide groups is 1. The largest absolute Gasteiger partial charge is 0.337 e. The predicted octanol–water partition coefficient (Wildman–Crippen LogP) is 0.913. The Bertz CT molecular complexity index is 556. The Morgan fingerprint density at radius 3 is 2.86 bits per heavy atom. The molecule has 1 aromatic heterocycles. The second kappa shape index (κ2) is 6.21. The van der Waals surface area contributed by atoms with E-state index in [1.165, 1.54) is 16.2 Å². The Morgan fingerprint density at radius 1 is 1.57 bits per heavy atom. The van der Waals surface area contributed by atoms with Gasteiger partial charge in [0, 0.05) is 31.1 Å². The normalized spacial score (nSPS) is 16.6. The Morgan fingerprint density at radius 2 is 2.29 bits per heavy atom. The van der Waals surface area contributed by atoms with E-state index in [4.69, 9.17) is 0 Å². The van der Waals surface area contributed by atoms with Gasteiger partial charge < -0.3 is 10.2 Å². The van der Waals surface area contributed by atoms with Gasteiger partial charge in [0.2, 0.25) is 11.8 Å². The van der Waals surface area contributed by atoms with Crippen LogP contribution < -0.4 is 5.32 Å². The molecule has 1 aliphatic rings. The van der Waals surface area contributed by atoms with Gasteiger partial charge in [-0.3, -0.25) is 14.5 Å². The van der Waals surface area contributed by atoms with Crippen molar-refractivity contribution >= 4 is 29.2 Å². The molecule has 2 rings (SSSR count).